The standard InChI is InChI=1S/C17H26N2O/c1-12-9-13(18)11-19(10-12)16(20)14-7-5-6-8-15(14)17(2,3)4/h5-8,12-13H,9-11,18H2,1-4H3. The number of nitrogens with zero attached hydrogens (tertiary/aromatic N) is 1. The van der Waals surface area contributed by atoms with Crippen molar-refractivity contribution in [3.63, 3.8) is 0 Å². The fourth-order valence-electron chi connectivity index (χ4n) is 3.06. The monoisotopic (exact) mass is 274 g/mol. The molecule has 0 spiro atoms. The van der Waals surface area contributed by atoms with Gasteiger partial charge in [0.1, 0.15) is 0 Å². The van der Waals surface area contributed by atoms with Crippen molar-refractivity contribution in [1.29, 1.82) is 0 Å². The molecule has 1 amide bonds. The van der Waals surface area contributed by atoms with Crippen molar-refractivity contribution in [2.45, 2.75) is 45.6 Å². The summed E-state index contributed by atoms with van der Waals surface area (Å²) >= 11 is 0. The summed E-state index contributed by atoms with van der Waals surface area (Å²) in [5.41, 5.74) is 7.96. The quantitative estimate of drug-likeness (QED) is 0.856. The zero-order chi connectivity index (χ0) is 14.9. The second-order valence-corrected chi connectivity index (χ2v) is 7.11. The van der Waals surface area contributed by atoms with Crippen LogP contribution >= 0.6 is 0 Å². The van der Waals surface area contributed by atoms with Crippen molar-refractivity contribution in [3.8, 4) is 0 Å². The van der Waals surface area contributed by atoms with E-state index in [4.69, 9.17) is 5.73 Å². The Hall–Kier alpha value is -1.35. The Morgan fingerprint density at radius 3 is 2.50 bits per heavy atom. The fraction of sp³-hybridized carbons (Fsp3) is 0.588. The fourth-order valence-corrected chi connectivity index (χ4v) is 3.06. The average Bonchev–Trinajstić information content (AvgIpc) is 2.35. The van der Waals surface area contributed by atoms with Crippen LogP contribution < -0.4 is 5.73 Å². The largest absolute Gasteiger partial charge is 0.337 e. The molecule has 2 unspecified atom stereocenters. The Morgan fingerprint density at radius 2 is 1.90 bits per heavy atom. The summed E-state index contributed by atoms with van der Waals surface area (Å²) in [6, 6.07) is 8.04. The number of carbonyl (C=O) groups excluding carboxylic acids is 1. The van der Waals surface area contributed by atoms with Gasteiger partial charge in [0.15, 0.2) is 0 Å². The van der Waals surface area contributed by atoms with E-state index in [2.05, 4.69) is 33.8 Å². The maximum Gasteiger partial charge on any atom is 0.254 e. The molecule has 1 saturated heterocycles. The molecule has 0 saturated carbocycles. The zero-order valence-corrected chi connectivity index (χ0v) is 13.0. The molecule has 3 nitrogen and oxygen atoms in total. The average molecular weight is 274 g/mol. The number of nitrogens with two attached hydrogens (primary N) is 1. The SMILES string of the molecule is CC1CC(N)CN(C(=O)c2ccccc2C(C)(C)C)C1. The Morgan fingerprint density at radius 1 is 1.25 bits per heavy atom. The Bertz CT molecular complexity index is 480. The molecule has 0 bridgehead atoms. The van der Waals surface area contributed by atoms with Crippen LogP contribution in [0.2, 0.25) is 0 Å². The predicted molar refractivity (Wildman–Crippen MR) is 82.8 cm³/mol. The second kappa shape index (κ2) is 5.57. The Balaban J connectivity index is 2.30. The molecular weight excluding hydrogens is 248 g/mol. The molecule has 1 aromatic carbocycles. The number of likely N-dealkylation sites (tertiary alicyclic amines) is 1. The van der Waals surface area contributed by atoms with Crippen LogP contribution in [-0.2, 0) is 5.41 Å². The molecule has 2 N–H and O–H groups in total. The Kier molecular flexibility index (Phi) is 4.19. The topological polar surface area (TPSA) is 46.3 Å². The van der Waals surface area contributed by atoms with Gasteiger partial charge in [0.2, 0.25) is 0 Å². The van der Waals surface area contributed by atoms with Crippen LogP contribution in [0.4, 0.5) is 0 Å². The third-order valence-corrected chi connectivity index (χ3v) is 3.94. The molecule has 20 heavy (non-hydrogen) atoms. The van der Waals surface area contributed by atoms with Crippen LogP contribution in [0.3, 0.4) is 0 Å². The van der Waals surface area contributed by atoms with Crippen LogP contribution in [0.1, 0.15) is 50.0 Å². The van der Waals surface area contributed by atoms with Crippen LogP contribution in [0.25, 0.3) is 0 Å². The molecule has 1 fully saturated rings. The molecule has 1 aliphatic heterocycles. The minimum Gasteiger partial charge on any atom is -0.337 e. The molecule has 1 heterocycles. The van der Waals surface area contributed by atoms with Gasteiger partial charge in [0.25, 0.3) is 5.91 Å². The van der Waals surface area contributed by atoms with E-state index >= 15 is 0 Å². The number of rotatable bonds is 1. The highest BCUT2D eigenvalue weighted by Gasteiger charge is 2.29. The van der Waals surface area contributed by atoms with E-state index in [0.29, 0.717) is 12.5 Å². The Labute approximate surface area is 122 Å². The summed E-state index contributed by atoms with van der Waals surface area (Å²) in [7, 11) is 0. The molecule has 0 radical (unpaired) electrons. The minimum absolute atomic E-state index is 0.0320. The summed E-state index contributed by atoms with van der Waals surface area (Å²) in [4.78, 5) is 14.7. The van der Waals surface area contributed by atoms with Crippen LogP contribution in [0.15, 0.2) is 24.3 Å². The summed E-state index contributed by atoms with van der Waals surface area (Å²) < 4.78 is 0. The smallest absolute Gasteiger partial charge is 0.254 e. The minimum atomic E-state index is -0.0320. The van der Waals surface area contributed by atoms with Crippen LogP contribution in [0.5, 0.6) is 0 Å². The summed E-state index contributed by atoms with van der Waals surface area (Å²) in [6.07, 6.45) is 1.00. The molecule has 110 valence electrons. The first-order chi connectivity index (χ1) is 9.29. The summed E-state index contributed by atoms with van der Waals surface area (Å²) in [5.74, 6) is 0.599. The number of hydrogen-bond donors (Lipinski definition) is 1. The number of benzene rings is 1. The summed E-state index contributed by atoms with van der Waals surface area (Å²) in [5, 5.41) is 0. The number of amides is 1. The number of carbonyl (C=O) groups is 1. The zero-order valence-electron chi connectivity index (χ0n) is 13.0. The predicted octanol–water partition coefficient (Wildman–Crippen LogP) is 2.79. The van der Waals surface area contributed by atoms with Gasteiger partial charge in [-0.25, -0.2) is 0 Å². The summed E-state index contributed by atoms with van der Waals surface area (Å²) in [6.45, 7) is 10.1. The molecule has 0 aromatic heterocycles. The maximum atomic E-state index is 12.8. The molecule has 1 aliphatic rings. The number of piperidine rings is 1. The van der Waals surface area contributed by atoms with Gasteiger partial charge >= 0.3 is 0 Å². The van der Waals surface area contributed by atoms with E-state index in [-0.39, 0.29) is 17.4 Å². The third-order valence-electron chi connectivity index (χ3n) is 3.94. The van der Waals surface area contributed by atoms with Gasteiger partial charge in [-0.2, -0.15) is 0 Å². The lowest BCUT2D eigenvalue weighted by Crippen LogP contribution is -2.49. The highest BCUT2D eigenvalue weighted by molar-refractivity contribution is 5.96. The van der Waals surface area contributed by atoms with Crippen molar-refractivity contribution in [2.75, 3.05) is 13.1 Å². The van der Waals surface area contributed by atoms with Gasteiger partial charge in [-0.05, 0) is 29.4 Å². The van der Waals surface area contributed by atoms with Gasteiger partial charge in [-0.3, -0.25) is 4.79 Å². The molecular formula is C17H26N2O. The molecule has 2 atom stereocenters. The van der Waals surface area contributed by atoms with Crippen molar-refractivity contribution in [1.82, 2.24) is 4.90 Å². The first kappa shape index (κ1) is 15.0. The van der Waals surface area contributed by atoms with E-state index in [1.165, 1.54) is 0 Å². The van der Waals surface area contributed by atoms with E-state index < -0.39 is 0 Å². The second-order valence-electron chi connectivity index (χ2n) is 7.11. The van der Waals surface area contributed by atoms with E-state index in [1.807, 2.05) is 23.1 Å². The van der Waals surface area contributed by atoms with Gasteiger partial charge in [0, 0.05) is 24.7 Å². The van der Waals surface area contributed by atoms with Crippen molar-refractivity contribution in [2.24, 2.45) is 11.7 Å². The number of hydrogen-bond acceptors (Lipinski definition) is 2. The normalized spacial score (nSPS) is 23.8. The van der Waals surface area contributed by atoms with Crippen molar-refractivity contribution in [3.05, 3.63) is 35.4 Å². The van der Waals surface area contributed by atoms with Gasteiger partial charge in [-0.15, -0.1) is 0 Å². The molecule has 1 aromatic rings. The van der Waals surface area contributed by atoms with Crippen LogP contribution in [-0.4, -0.2) is 29.9 Å². The molecule has 3 heteroatoms. The first-order valence-corrected chi connectivity index (χ1v) is 7.43. The molecule has 2 rings (SSSR count). The lowest BCUT2D eigenvalue weighted by atomic mass is 9.83. The lowest BCUT2D eigenvalue weighted by molar-refractivity contribution is 0.0658. The highest BCUT2D eigenvalue weighted by Crippen LogP contribution is 2.27. The highest BCUT2D eigenvalue weighted by atomic mass is 16.2. The third kappa shape index (κ3) is 3.21. The first-order valence-electron chi connectivity index (χ1n) is 7.43. The van der Waals surface area contributed by atoms with Gasteiger partial charge in [0.05, 0.1) is 0 Å². The van der Waals surface area contributed by atoms with Crippen LogP contribution in [0, 0.1) is 5.92 Å². The van der Waals surface area contributed by atoms with E-state index in [0.717, 1.165) is 24.1 Å². The lowest BCUT2D eigenvalue weighted by Gasteiger charge is -2.36. The van der Waals surface area contributed by atoms with E-state index in [1.54, 1.807) is 0 Å². The van der Waals surface area contributed by atoms with Crippen molar-refractivity contribution >= 4 is 5.91 Å². The van der Waals surface area contributed by atoms with Gasteiger partial charge in [-0.1, -0.05) is 45.9 Å². The van der Waals surface area contributed by atoms with Crippen molar-refractivity contribution < 1.29 is 4.79 Å². The molecule has 0 aliphatic carbocycles. The van der Waals surface area contributed by atoms with Gasteiger partial charge < -0.3 is 10.6 Å². The maximum absolute atomic E-state index is 12.8. The van der Waals surface area contributed by atoms with E-state index in [9.17, 15) is 4.79 Å².